The standard InChI is InChI=1S/C7H10N2.HI/c1-2-9-6-4-3-5-7(9)8;/h3-6,8H,2H2,1H3;1H/p+1. The zero-order valence-electron chi connectivity index (χ0n) is 5.95. The summed E-state index contributed by atoms with van der Waals surface area (Å²) in [5.74, 6) is 0.819. The van der Waals surface area contributed by atoms with Crippen molar-refractivity contribution in [3.63, 3.8) is 0 Å². The van der Waals surface area contributed by atoms with E-state index in [2.05, 4.69) is 6.92 Å². The number of nitrogen functional groups attached to an aromatic ring is 1. The molecule has 0 saturated carbocycles. The molecule has 2 N–H and O–H groups in total. The van der Waals surface area contributed by atoms with Crippen molar-refractivity contribution < 1.29 is 4.57 Å². The van der Waals surface area contributed by atoms with E-state index in [0.29, 0.717) is 0 Å². The molecular formula is C7H12IN2+. The van der Waals surface area contributed by atoms with Crippen LogP contribution < -0.4 is 10.3 Å². The normalized spacial score (nSPS) is 8.50. The molecule has 1 rings (SSSR count). The van der Waals surface area contributed by atoms with Gasteiger partial charge >= 0.3 is 0 Å². The molecule has 56 valence electrons. The van der Waals surface area contributed by atoms with Crippen molar-refractivity contribution >= 4 is 29.8 Å². The summed E-state index contributed by atoms with van der Waals surface area (Å²) in [6.45, 7) is 3.00. The lowest BCUT2D eigenvalue weighted by atomic mass is 10.4. The number of rotatable bonds is 1. The lowest BCUT2D eigenvalue weighted by molar-refractivity contribution is -0.679. The van der Waals surface area contributed by atoms with Gasteiger partial charge in [0.2, 0.25) is 0 Å². The minimum Gasteiger partial charge on any atom is -0.287 e. The van der Waals surface area contributed by atoms with E-state index in [4.69, 9.17) is 5.73 Å². The Labute approximate surface area is 78.1 Å². The van der Waals surface area contributed by atoms with Crippen molar-refractivity contribution in [1.29, 1.82) is 0 Å². The first kappa shape index (κ1) is 9.68. The van der Waals surface area contributed by atoms with Crippen LogP contribution in [0.2, 0.25) is 0 Å². The fraction of sp³-hybridized carbons (Fsp3) is 0.286. The molecule has 1 aromatic rings. The average molecular weight is 251 g/mol. The Morgan fingerprint density at radius 1 is 1.50 bits per heavy atom. The monoisotopic (exact) mass is 251 g/mol. The topological polar surface area (TPSA) is 29.9 Å². The Morgan fingerprint density at radius 2 is 2.20 bits per heavy atom. The Bertz CT molecular complexity index is 201. The highest BCUT2D eigenvalue weighted by Crippen LogP contribution is 1.88. The van der Waals surface area contributed by atoms with E-state index in [1.165, 1.54) is 0 Å². The fourth-order valence-electron chi connectivity index (χ4n) is 0.778. The van der Waals surface area contributed by atoms with Gasteiger partial charge in [0.15, 0.2) is 0 Å². The largest absolute Gasteiger partial charge is 0.287 e. The Kier molecular flexibility index (Phi) is 4.34. The predicted octanol–water partition coefficient (Wildman–Crippen LogP) is 1.19. The van der Waals surface area contributed by atoms with Gasteiger partial charge in [-0.3, -0.25) is 5.73 Å². The van der Waals surface area contributed by atoms with E-state index in [-0.39, 0.29) is 24.0 Å². The van der Waals surface area contributed by atoms with Gasteiger partial charge in [-0.1, -0.05) is 6.07 Å². The number of hydrogen-bond acceptors (Lipinski definition) is 1. The van der Waals surface area contributed by atoms with E-state index in [9.17, 15) is 0 Å². The number of nitrogens with two attached hydrogens (primary N) is 1. The molecule has 10 heavy (non-hydrogen) atoms. The number of pyridine rings is 1. The summed E-state index contributed by atoms with van der Waals surface area (Å²) in [5, 5.41) is 0. The SMILES string of the molecule is CC[n+]1ccccc1N.I. The van der Waals surface area contributed by atoms with Crippen molar-refractivity contribution in [3.8, 4) is 0 Å². The predicted molar refractivity (Wildman–Crippen MR) is 52.1 cm³/mol. The van der Waals surface area contributed by atoms with Crippen LogP contribution in [0.15, 0.2) is 24.4 Å². The number of halogens is 1. The van der Waals surface area contributed by atoms with Crippen LogP contribution in [-0.4, -0.2) is 0 Å². The van der Waals surface area contributed by atoms with Gasteiger partial charge < -0.3 is 0 Å². The number of aromatic nitrogens is 1. The fourth-order valence-corrected chi connectivity index (χ4v) is 0.778. The van der Waals surface area contributed by atoms with Crippen LogP contribution >= 0.6 is 24.0 Å². The zero-order chi connectivity index (χ0) is 6.69. The van der Waals surface area contributed by atoms with Crippen LogP contribution in [0.4, 0.5) is 5.82 Å². The number of nitrogens with zero attached hydrogens (tertiary/aromatic N) is 1. The Hall–Kier alpha value is -0.320. The van der Waals surface area contributed by atoms with Gasteiger partial charge in [0, 0.05) is 6.07 Å². The van der Waals surface area contributed by atoms with Gasteiger partial charge in [-0.2, -0.15) is 0 Å². The van der Waals surface area contributed by atoms with Crippen molar-refractivity contribution in [2.75, 3.05) is 5.73 Å². The molecule has 0 fully saturated rings. The van der Waals surface area contributed by atoms with E-state index in [0.717, 1.165) is 12.4 Å². The van der Waals surface area contributed by atoms with Gasteiger partial charge in [0.25, 0.3) is 5.82 Å². The lowest BCUT2D eigenvalue weighted by Gasteiger charge is -1.95. The third-order valence-electron chi connectivity index (χ3n) is 1.32. The minimum atomic E-state index is 0. The highest BCUT2D eigenvalue weighted by Gasteiger charge is 1.95. The van der Waals surface area contributed by atoms with Gasteiger partial charge in [0.1, 0.15) is 0 Å². The maximum absolute atomic E-state index is 5.59. The molecule has 0 amide bonds. The zero-order valence-corrected chi connectivity index (χ0v) is 8.28. The summed E-state index contributed by atoms with van der Waals surface area (Å²) in [5.41, 5.74) is 5.59. The smallest absolute Gasteiger partial charge is 0.272 e. The molecule has 0 spiro atoms. The van der Waals surface area contributed by atoms with E-state index in [1.807, 2.05) is 29.0 Å². The number of aryl methyl sites for hydroxylation is 1. The number of hydrogen-bond donors (Lipinski definition) is 1. The van der Waals surface area contributed by atoms with Crippen molar-refractivity contribution in [3.05, 3.63) is 24.4 Å². The molecule has 0 aliphatic rings. The summed E-state index contributed by atoms with van der Waals surface area (Å²) < 4.78 is 1.99. The Balaban J connectivity index is 0.000000810. The Morgan fingerprint density at radius 3 is 2.60 bits per heavy atom. The average Bonchev–Trinajstić information content (AvgIpc) is 1.89. The molecule has 1 heterocycles. The summed E-state index contributed by atoms with van der Waals surface area (Å²) in [6.07, 6.45) is 1.97. The van der Waals surface area contributed by atoms with Crippen LogP contribution in [0.25, 0.3) is 0 Å². The van der Waals surface area contributed by atoms with Crippen LogP contribution in [-0.2, 0) is 6.54 Å². The van der Waals surface area contributed by atoms with Gasteiger partial charge in [-0.05, 0) is 13.0 Å². The molecule has 0 aliphatic heterocycles. The summed E-state index contributed by atoms with van der Waals surface area (Å²) in [4.78, 5) is 0. The van der Waals surface area contributed by atoms with Crippen molar-refractivity contribution in [2.45, 2.75) is 13.5 Å². The van der Waals surface area contributed by atoms with Gasteiger partial charge in [0.05, 0.1) is 12.7 Å². The first-order valence-electron chi connectivity index (χ1n) is 3.08. The summed E-state index contributed by atoms with van der Waals surface area (Å²) >= 11 is 0. The van der Waals surface area contributed by atoms with E-state index < -0.39 is 0 Å². The summed E-state index contributed by atoms with van der Waals surface area (Å²) in [6, 6.07) is 5.80. The molecule has 0 bridgehead atoms. The van der Waals surface area contributed by atoms with Gasteiger partial charge in [-0.25, -0.2) is 4.57 Å². The molecule has 0 unspecified atom stereocenters. The highest BCUT2D eigenvalue weighted by atomic mass is 127. The third-order valence-corrected chi connectivity index (χ3v) is 1.32. The molecular weight excluding hydrogens is 239 g/mol. The molecule has 2 nitrogen and oxygen atoms in total. The van der Waals surface area contributed by atoms with E-state index >= 15 is 0 Å². The second-order valence-corrected chi connectivity index (χ2v) is 1.91. The second-order valence-electron chi connectivity index (χ2n) is 1.91. The first-order chi connectivity index (χ1) is 4.34. The minimum absolute atomic E-state index is 0. The third kappa shape index (κ3) is 2.13. The maximum atomic E-state index is 5.59. The summed E-state index contributed by atoms with van der Waals surface area (Å²) in [7, 11) is 0. The highest BCUT2D eigenvalue weighted by molar-refractivity contribution is 14.0. The molecule has 0 radical (unpaired) electrons. The molecule has 0 aliphatic carbocycles. The lowest BCUT2D eigenvalue weighted by Crippen LogP contribution is -2.34. The van der Waals surface area contributed by atoms with Crippen LogP contribution in [0.5, 0.6) is 0 Å². The molecule has 0 saturated heterocycles. The molecule has 3 heteroatoms. The van der Waals surface area contributed by atoms with Gasteiger partial charge in [-0.15, -0.1) is 24.0 Å². The van der Waals surface area contributed by atoms with Crippen molar-refractivity contribution in [2.24, 2.45) is 0 Å². The maximum Gasteiger partial charge on any atom is 0.272 e. The van der Waals surface area contributed by atoms with Crippen molar-refractivity contribution in [1.82, 2.24) is 0 Å². The molecule has 0 aromatic carbocycles. The quantitative estimate of drug-likeness (QED) is 0.589. The second kappa shape index (κ2) is 4.49. The van der Waals surface area contributed by atoms with Crippen LogP contribution in [0.3, 0.4) is 0 Å². The van der Waals surface area contributed by atoms with Crippen LogP contribution in [0, 0.1) is 0 Å². The number of anilines is 1. The molecule has 0 atom stereocenters. The van der Waals surface area contributed by atoms with E-state index in [1.54, 1.807) is 0 Å². The van der Waals surface area contributed by atoms with Crippen LogP contribution in [0.1, 0.15) is 6.92 Å². The molecule has 1 aromatic heterocycles. The first-order valence-corrected chi connectivity index (χ1v) is 3.08.